The first-order valence-corrected chi connectivity index (χ1v) is 13.7. The fraction of sp³-hybridized carbons (Fsp3) is 0.280. The van der Waals surface area contributed by atoms with E-state index in [9.17, 15) is 28.2 Å². The summed E-state index contributed by atoms with van der Waals surface area (Å²) in [7, 11) is -4.14. The Labute approximate surface area is 218 Å². The number of amides is 1. The van der Waals surface area contributed by atoms with Gasteiger partial charge >= 0.3 is 5.97 Å². The molecule has 190 valence electrons. The molecule has 0 spiro atoms. The highest BCUT2D eigenvalue weighted by Gasteiger charge is 2.63. The van der Waals surface area contributed by atoms with Gasteiger partial charge in [0.25, 0.3) is 15.9 Å². The van der Waals surface area contributed by atoms with E-state index in [2.05, 4.69) is 10.0 Å². The molecule has 1 amide bonds. The maximum absolute atomic E-state index is 13.2. The quantitative estimate of drug-likeness (QED) is 0.321. The van der Waals surface area contributed by atoms with Crippen molar-refractivity contribution in [2.24, 2.45) is 0 Å². The summed E-state index contributed by atoms with van der Waals surface area (Å²) in [5, 5.41) is 22.6. The van der Waals surface area contributed by atoms with Gasteiger partial charge in [-0.1, -0.05) is 35.9 Å². The Morgan fingerprint density at radius 3 is 2.47 bits per heavy atom. The van der Waals surface area contributed by atoms with Crippen molar-refractivity contribution in [3.8, 4) is 10.4 Å². The van der Waals surface area contributed by atoms with Gasteiger partial charge in [-0.3, -0.25) is 9.59 Å². The number of halogens is 1. The zero-order chi connectivity index (χ0) is 26.3. The van der Waals surface area contributed by atoms with Crippen molar-refractivity contribution in [3.05, 3.63) is 76.8 Å². The van der Waals surface area contributed by atoms with Crippen LogP contribution in [0.1, 0.15) is 42.1 Å². The van der Waals surface area contributed by atoms with Crippen molar-refractivity contribution in [1.29, 1.82) is 0 Å². The lowest BCUT2D eigenvalue weighted by Gasteiger charge is -2.23. The van der Waals surface area contributed by atoms with Crippen LogP contribution < -0.4 is 10.0 Å². The van der Waals surface area contributed by atoms with E-state index in [1.54, 1.807) is 68.4 Å². The maximum Gasteiger partial charge on any atom is 0.325 e. The van der Waals surface area contributed by atoms with Crippen molar-refractivity contribution in [2.75, 3.05) is 6.61 Å². The van der Waals surface area contributed by atoms with Gasteiger partial charge in [0.05, 0.1) is 12.1 Å². The Morgan fingerprint density at radius 1 is 1.14 bits per heavy atom. The largest absolute Gasteiger partial charge is 0.480 e. The molecule has 1 heterocycles. The second-order valence-electron chi connectivity index (χ2n) is 9.39. The fourth-order valence-electron chi connectivity index (χ4n) is 3.90. The van der Waals surface area contributed by atoms with E-state index in [4.69, 9.17) is 11.6 Å². The zero-order valence-electron chi connectivity index (χ0n) is 19.5. The number of carboxylic acids is 1. The first-order valence-electron chi connectivity index (χ1n) is 11.0. The first kappa shape index (κ1) is 26.3. The second kappa shape index (κ2) is 9.60. The van der Waals surface area contributed by atoms with Gasteiger partial charge < -0.3 is 15.5 Å². The minimum atomic E-state index is -4.14. The van der Waals surface area contributed by atoms with E-state index in [0.717, 1.165) is 16.9 Å². The van der Waals surface area contributed by atoms with Gasteiger partial charge in [0.2, 0.25) is 0 Å². The van der Waals surface area contributed by atoms with Crippen LogP contribution in [0, 0.1) is 0 Å². The molecule has 1 aromatic heterocycles. The minimum absolute atomic E-state index is 0.00177. The summed E-state index contributed by atoms with van der Waals surface area (Å²) in [6.45, 7) is 3.08. The molecule has 2 aromatic carbocycles. The Morgan fingerprint density at radius 2 is 1.83 bits per heavy atom. The molecule has 0 bridgehead atoms. The summed E-state index contributed by atoms with van der Waals surface area (Å²) >= 11 is 6.95. The average Bonchev–Trinajstić information content (AvgIpc) is 3.32. The average molecular weight is 549 g/mol. The molecule has 1 aliphatic carbocycles. The zero-order valence-corrected chi connectivity index (χ0v) is 21.9. The number of aliphatic hydroxyl groups excluding tert-OH is 1. The molecule has 0 radical (unpaired) electrons. The number of rotatable bonds is 9. The van der Waals surface area contributed by atoms with Crippen LogP contribution in [0.3, 0.4) is 0 Å². The number of aliphatic hydroxyl groups is 1. The number of aliphatic carboxylic acids is 1. The van der Waals surface area contributed by atoms with Gasteiger partial charge in [-0.15, -0.1) is 11.3 Å². The molecule has 0 unspecified atom stereocenters. The molecule has 1 aliphatic rings. The molecule has 2 atom stereocenters. The van der Waals surface area contributed by atoms with E-state index >= 15 is 0 Å². The lowest BCUT2D eigenvalue weighted by molar-refractivity contribution is -0.140. The summed E-state index contributed by atoms with van der Waals surface area (Å²) in [4.78, 5) is 25.5. The predicted molar refractivity (Wildman–Crippen MR) is 138 cm³/mol. The van der Waals surface area contributed by atoms with Crippen molar-refractivity contribution in [1.82, 2.24) is 10.0 Å². The summed E-state index contributed by atoms with van der Waals surface area (Å²) in [6, 6.07) is 16.5. The third kappa shape index (κ3) is 5.33. The lowest BCUT2D eigenvalue weighted by Crippen LogP contribution is -2.46. The third-order valence-corrected chi connectivity index (χ3v) is 9.42. The van der Waals surface area contributed by atoms with Crippen LogP contribution >= 0.6 is 22.9 Å². The highest BCUT2D eigenvalue weighted by Crippen LogP contribution is 2.52. The first-order chi connectivity index (χ1) is 16.9. The molecule has 3 aromatic rings. The summed E-state index contributed by atoms with van der Waals surface area (Å²) in [6.07, 6.45) is 0.0458. The number of carbonyl (C=O) groups excluding carboxylic acids is 1. The highest BCUT2D eigenvalue weighted by atomic mass is 35.5. The Bertz CT molecular complexity index is 1420. The standard InChI is InChI=1S/C25H25ClN2O6S2/c1-24(2,14-29)27-22(30)17-5-3-4-16(12-17)19-13-25(19,23(31)32)28-36(33,34)21-11-10-20(35-21)15-6-8-18(26)9-7-15/h3-12,19,28-29H,13-14H2,1-2H3,(H,27,30)(H,31,32)/t19-,25+/m0/s1. The number of hydrogen-bond donors (Lipinski definition) is 4. The second-order valence-corrected chi connectivity index (χ2v) is 12.8. The number of carbonyl (C=O) groups is 2. The van der Waals surface area contributed by atoms with Gasteiger partial charge in [-0.25, -0.2) is 8.42 Å². The van der Waals surface area contributed by atoms with Gasteiger partial charge in [0, 0.05) is 21.4 Å². The van der Waals surface area contributed by atoms with E-state index < -0.39 is 38.9 Å². The Kier molecular flexibility index (Phi) is 7.02. The number of sulfonamides is 1. The Balaban J connectivity index is 1.56. The van der Waals surface area contributed by atoms with Crippen molar-refractivity contribution in [3.63, 3.8) is 0 Å². The molecule has 1 fully saturated rings. The lowest BCUT2D eigenvalue weighted by atomic mass is 10.0. The van der Waals surface area contributed by atoms with E-state index in [1.165, 1.54) is 6.07 Å². The molecule has 4 N–H and O–H groups in total. The van der Waals surface area contributed by atoms with Crippen LogP contribution in [0.2, 0.25) is 5.02 Å². The monoisotopic (exact) mass is 548 g/mol. The SMILES string of the molecule is CC(C)(CO)NC(=O)c1cccc([C@@H]2C[C@]2(NS(=O)(=O)c2ccc(-c3ccc(Cl)cc3)s2)C(=O)O)c1. The number of benzene rings is 2. The predicted octanol–water partition coefficient (Wildman–Crippen LogP) is 3.86. The normalized spacial score (nSPS) is 19.6. The van der Waals surface area contributed by atoms with E-state index in [0.29, 0.717) is 15.5 Å². The topological polar surface area (TPSA) is 133 Å². The summed E-state index contributed by atoms with van der Waals surface area (Å²) < 4.78 is 28.7. The smallest absolute Gasteiger partial charge is 0.325 e. The van der Waals surface area contributed by atoms with Gasteiger partial charge in [0.15, 0.2) is 0 Å². The Hall–Kier alpha value is -2.76. The molecule has 0 aliphatic heterocycles. The highest BCUT2D eigenvalue weighted by molar-refractivity contribution is 7.91. The maximum atomic E-state index is 13.2. The van der Waals surface area contributed by atoms with Gasteiger partial charge in [-0.2, -0.15) is 4.72 Å². The van der Waals surface area contributed by atoms with Crippen molar-refractivity contribution >= 4 is 44.8 Å². The number of carboxylic acid groups (broad SMARTS) is 1. The molecule has 8 nitrogen and oxygen atoms in total. The van der Waals surface area contributed by atoms with Crippen LogP contribution in [0.25, 0.3) is 10.4 Å². The van der Waals surface area contributed by atoms with Crippen LogP contribution in [0.15, 0.2) is 64.9 Å². The van der Waals surface area contributed by atoms with E-state index in [-0.39, 0.29) is 22.8 Å². The number of thiophene rings is 1. The number of hydrogen-bond acceptors (Lipinski definition) is 6. The van der Waals surface area contributed by atoms with Crippen LogP contribution in [0.5, 0.6) is 0 Å². The summed E-state index contributed by atoms with van der Waals surface area (Å²) in [5.74, 6) is -2.37. The molecule has 36 heavy (non-hydrogen) atoms. The van der Waals surface area contributed by atoms with Crippen molar-refractivity contribution in [2.45, 2.75) is 41.5 Å². The molecule has 4 rings (SSSR count). The van der Waals surface area contributed by atoms with Gasteiger partial charge in [0.1, 0.15) is 9.75 Å². The van der Waals surface area contributed by atoms with Crippen molar-refractivity contribution < 1.29 is 28.2 Å². The summed E-state index contributed by atoms with van der Waals surface area (Å²) in [5.41, 5.74) is -0.944. The molecule has 0 saturated heterocycles. The molecule has 1 saturated carbocycles. The van der Waals surface area contributed by atoms with Crippen LogP contribution in [-0.4, -0.2) is 48.2 Å². The molecular formula is C25H25ClN2O6S2. The number of nitrogens with one attached hydrogen (secondary N) is 2. The minimum Gasteiger partial charge on any atom is -0.480 e. The van der Waals surface area contributed by atoms with Crippen LogP contribution in [-0.2, 0) is 14.8 Å². The van der Waals surface area contributed by atoms with E-state index in [1.807, 2.05) is 0 Å². The molecule has 11 heteroatoms. The van der Waals surface area contributed by atoms with Gasteiger partial charge in [-0.05, 0) is 67.8 Å². The third-order valence-electron chi connectivity index (χ3n) is 6.03. The fourth-order valence-corrected chi connectivity index (χ4v) is 6.74. The van der Waals surface area contributed by atoms with Crippen LogP contribution in [0.4, 0.5) is 0 Å². The molecular weight excluding hydrogens is 524 g/mol.